The second-order valence-corrected chi connectivity index (χ2v) is 4.78. The SMILES string of the molecule is O=C(O)c1cc2ccccc2c(OCC2CCCO2)n1. The molecule has 1 fully saturated rings. The molecule has 2 aromatic rings. The predicted molar refractivity (Wildman–Crippen MR) is 73.2 cm³/mol. The number of ether oxygens (including phenoxy) is 2. The zero-order valence-corrected chi connectivity index (χ0v) is 10.9. The van der Waals surface area contributed by atoms with Crippen molar-refractivity contribution in [2.45, 2.75) is 18.9 Å². The summed E-state index contributed by atoms with van der Waals surface area (Å²) in [6.45, 7) is 1.16. The summed E-state index contributed by atoms with van der Waals surface area (Å²) in [5.74, 6) is -0.700. The van der Waals surface area contributed by atoms with Gasteiger partial charge in [0.2, 0.25) is 5.88 Å². The van der Waals surface area contributed by atoms with E-state index in [0.29, 0.717) is 12.5 Å². The van der Waals surface area contributed by atoms with Crippen LogP contribution in [-0.2, 0) is 4.74 Å². The average Bonchev–Trinajstić information content (AvgIpc) is 2.97. The summed E-state index contributed by atoms with van der Waals surface area (Å²) in [5, 5.41) is 10.7. The number of nitrogens with zero attached hydrogens (tertiary/aromatic N) is 1. The fourth-order valence-electron chi connectivity index (χ4n) is 2.33. The minimum atomic E-state index is -1.06. The first-order valence-corrected chi connectivity index (χ1v) is 6.61. The molecule has 1 aromatic heterocycles. The number of aromatic nitrogens is 1. The van der Waals surface area contributed by atoms with E-state index in [0.717, 1.165) is 30.2 Å². The lowest BCUT2D eigenvalue weighted by Crippen LogP contribution is -2.17. The molecule has 0 amide bonds. The van der Waals surface area contributed by atoms with Gasteiger partial charge in [0.1, 0.15) is 6.61 Å². The van der Waals surface area contributed by atoms with Gasteiger partial charge in [-0.2, -0.15) is 0 Å². The number of pyridine rings is 1. The molecule has 1 unspecified atom stereocenters. The van der Waals surface area contributed by atoms with Crippen LogP contribution < -0.4 is 4.74 Å². The Morgan fingerprint density at radius 2 is 2.30 bits per heavy atom. The molecule has 1 atom stereocenters. The van der Waals surface area contributed by atoms with Gasteiger partial charge in [-0.1, -0.05) is 18.2 Å². The normalized spacial score (nSPS) is 18.3. The highest BCUT2D eigenvalue weighted by Gasteiger charge is 2.18. The van der Waals surface area contributed by atoms with Gasteiger partial charge in [0.05, 0.1) is 6.10 Å². The quantitative estimate of drug-likeness (QED) is 0.926. The van der Waals surface area contributed by atoms with Crippen molar-refractivity contribution in [2.24, 2.45) is 0 Å². The standard InChI is InChI=1S/C15H15NO4/c17-15(18)13-8-10-4-1-2-6-12(10)14(16-13)20-9-11-5-3-7-19-11/h1-2,4,6,8,11H,3,5,7,9H2,(H,17,18). The Morgan fingerprint density at radius 1 is 1.45 bits per heavy atom. The van der Waals surface area contributed by atoms with Crippen molar-refractivity contribution in [1.82, 2.24) is 4.98 Å². The Morgan fingerprint density at radius 3 is 3.05 bits per heavy atom. The molecule has 2 heterocycles. The average molecular weight is 273 g/mol. The molecule has 104 valence electrons. The van der Waals surface area contributed by atoms with Crippen LogP contribution in [0.15, 0.2) is 30.3 Å². The van der Waals surface area contributed by atoms with Crippen molar-refractivity contribution in [3.8, 4) is 5.88 Å². The molecule has 1 aliphatic rings. The Kier molecular flexibility index (Phi) is 3.52. The topological polar surface area (TPSA) is 68.7 Å². The fourth-order valence-corrected chi connectivity index (χ4v) is 2.33. The highest BCUT2D eigenvalue weighted by Crippen LogP contribution is 2.25. The summed E-state index contributed by atoms with van der Waals surface area (Å²) in [6, 6.07) is 9.01. The number of benzene rings is 1. The molecule has 1 aliphatic heterocycles. The van der Waals surface area contributed by atoms with Crippen LogP contribution in [0.2, 0.25) is 0 Å². The van der Waals surface area contributed by atoms with Crippen LogP contribution in [0.25, 0.3) is 10.8 Å². The summed E-state index contributed by atoms with van der Waals surface area (Å²) in [4.78, 5) is 15.2. The molecule has 0 radical (unpaired) electrons. The van der Waals surface area contributed by atoms with E-state index < -0.39 is 5.97 Å². The van der Waals surface area contributed by atoms with Gasteiger partial charge in [-0.15, -0.1) is 0 Å². The molecular weight excluding hydrogens is 258 g/mol. The van der Waals surface area contributed by atoms with Crippen LogP contribution in [0.4, 0.5) is 0 Å². The number of rotatable bonds is 4. The lowest BCUT2D eigenvalue weighted by Gasteiger charge is -2.13. The zero-order valence-electron chi connectivity index (χ0n) is 10.9. The molecule has 3 rings (SSSR count). The van der Waals surface area contributed by atoms with E-state index in [1.165, 1.54) is 0 Å². The third kappa shape index (κ3) is 2.58. The van der Waals surface area contributed by atoms with Gasteiger partial charge in [-0.05, 0) is 30.4 Å². The molecule has 1 saturated heterocycles. The van der Waals surface area contributed by atoms with Crippen molar-refractivity contribution >= 4 is 16.7 Å². The van der Waals surface area contributed by atoms with E-state index in [-0.39, 0.29) is 11.8 Å². The fraction of sp³-hybridized carbons (Fsp3) is 0.333. The van der Waals surface area contributed by atoms with Gasteiger partial charge in [0.15, 0.2) is 5.69 Å². The third-order valence-electron chi connectivity index (χ3n) is 3.35. The van der Waals surface area contributed by atoms with Gasteiger partial charge in [-0.3, -0.25) is 0 Å². The van der Waals surface area contributed by atoms with E-state index in [4.69, 9.17) is 14.6 Å². The second-order valence-electron chi connectivity index (χ2n) is 4.78. The second kappa shape index (κ2) is 5.46. The molecule has 20 heavy (non-hydrogen) atoms. The lowest BCUT2D eigenvalue weighted by molar-refractivity contribution is 0.0654. The summed E-state index contributed by atoms with van der Waals surface area (Å²) in [5.41, 5.74) is -0.00830. The van der Waals surface area contributed by atoms with Crippen LogP contribution in [0.3, 0.4) is 0 Å². The first-order valence-electron chi connectivity index (χ1n) is 6.61. The third-order valence-corrected chi connectivity index (χ3v) is 3.35. The molecule has 0 aliphatic carbocycles. The number of fused-ring (bicyclic) bond motifs is 1. The number of hydrogen-bond donors (Lipinski definition) is 1. The summed E-state index contributed by atoms with van der Waals surface area (Å²) < 4.78 is 11.2. The molecule has 5 heteroatoms. The maximum absolute atomic E-state index is 11.1. The van der Waals surface area contributed by atoms with Crippen LogP contribution in [-0.4, -0.2) is 35.4 Å². The van der Waals surface area contributed by atoms with E-state index in [1.54, 1.807) is 6.07 Å². The van der Waals surface area contributed by atoms with Crippen molar-refractivity contribution in [1.29, 1.82) is 0 Å². The maximum Gasteiger partial charge on any atom is 0.354 e. The highest BCUT2D eigenvalue weighted by molar-refractivity contribution is 5.94. The molecular formula is C15H15NO4. The molecule has 0 spiro atoms. The Balaban J connectivity index is 1.92. The van der Waals surface area contributed by atoms with Gasteiger partial charge in [0.25, 0.3) is 0 Å². The first-order chi connectivity index (χ1) is 9.74. The van der Waals surface area contributed by atoms with Crippen LogP contribution in [0, 0.1) is 0 Å². The maximum atomic E-state index is 11.1. The van der Waals surface area contributed by atoms with Crippen LogP contribution in [0.5, 0.6) is 5.88 Å². The number of carbonyl (C=O) groups is 1. The molecule has 5 nitrogen and oxygen atoms in total. The Bertz CT molecular complexity index is 635. The highest BCUT2D eigenvalue weighted by atomic mass is 16.5. The minimum Gasteiger partial charge on any atom is -0.477 e. The molecule has 1 aromatic carbocycles. The van der Waals surface area contributed by atoms with Crippen molar-refractivity contribution in [3.63, 3.8) is 0 Å². The van der Waals surface area contributed by atoms with Crippen LogP contribution >= 0.6 is 0 Å². The zero-order chi connectivity index (χ0) is 13.9. The first kappa shape index (κ1) is 12.9. The van der Waals surface area contributed by atoms with E-state index >= 15 is 0 Å². The molecule has 0 saturated carbocycles. The van der Waals surface area contributed by atoms with Gasteiger partial charge in [0, 0.05) is 12.0 Å². The largest absolute Gasteiger partial charge is 0.477 e. The van der Waals surface area contributed by atoms with Crippen molar-refractivity contribution in [2.75, 3.05) is 13.2 Å². The van der Waals surface area contributed by atoms with Crippen LogP contribution in [0.1, 0.15) is 23.3 Å². The van der Waals surface area contributed by atoms with E-state index in [9.17, 15) is 4.79 Å². The molecule has 0 bridgehead atoms. The van der Waals surface area contributed by atoms with Gasteiger partial charge >= 0.3 is 5.97 Å². The van der Waals surface area contributed by atoms with Gasteiger partial charge < -0.3 is 14.6 Å². The van der Waals surface area contributed by atoms with E-state index in [1.807, 2.05) is 24.3 Å². The number of carboxylic acid groups (broad SMARTS) is 1. The summed E-state index contributed by atoms with van der Waals surface area (Å²) in [6.07, 6.45) is 2.08. The van der Waals surface area contributed by atoms with E-state index in [2.05, 4.69) is 4.98 Å². The molecule has 1 N–H and O–H groups in total. The van der Waals surface area contributed by atoms with Gasteiger partial charge in [-0.25, -0.2) is 9.78 Å². The van der Waals surface area contributed by atoms with Crippen molar-refractivity contribution < 1.29 is 19.4 Å². The predicted octanol–water partition coefficient (Wildman–Crippen LogP) is 2.49. The van der Waals surface area contributed by atoms with Crippen molar-refractivity contribution in [3.05, 3.63) is 36.0 Å². The Hall–Kier alpha value is -2.14. The number of aromatic carboxylic acids is 1. The summed E-state index contributed by atoms with van der Waals surface area (Å²) >= 11 is 0. The monoisotopic (exact) mass is 273 g/mol. The lowest BCUT2D eigenvalue weighted by atomic mass is 10.1. The summed E-state index contributed by atoms with van der Waals surface area (Å²) in [7, 11) is 0. The number of carboxylic acids is 1. The Labute approximate surface area is 116 Å². The smallest absolute Gasteiger partial charge is 0.354 e. The minimum absolute atomic E-state index is 0.00830. The number of hydrogen-bond acceptors (Lipinski definition) is 4.